The molecule has 2 aliphatic heterocycles. The third kappa shape index (κ3) is 4.29. The molecular formula is C23H21ClFN3O3S. The van der Waals surface area contributed by atoms with E-state index < -0.39 is 0 Å². The molecule has 0 radical (unpaired) electrons. The molecule has 5 rings (SSSR count). The molecular weight excluding hydrogens is 453 g/mol. The van der Waals surface area contributed by atoms with Crippen LogP contribution in [0.1, 0.15) is 19.3 Å². The number of aromatic nitrogens is 1. The van der Waals surface area contributed by atoms with E-state index in [-0.39, 0.29) is 36.1 Å². The zero-order valence-corrected chi connectivity index (χ0v) is 18.7. The topological polar surface area (TPSA) is 62.7 Å². The van der Waals surface area contributed by atoms with Gasteiger partial charge in [-0.25, -0.2) is 9.37 Å². The van der Waals surface area contributed by atoms with Crippen molar-refractivity contribution in [2.45, 2.75) is 25.4 Å². The number of fused-ring (bicyclic) bond motifs is 1. The highest BCUT2D eigenvalue weighted by Crippen LogP contribution is 2.31. The van der Waals surface area contributed by atoms with Gasteiger partial charge in [-0.3, -0.25) is 9.59 Å². The number of anilines is 1. The summed E-state index contributed by atoms with van der Waals surface area (Å²) in [6, 6.07) is 11.6. The Kier molecular flexibility index (Phi) is 5.73. The second kappa shape index (κ2) is 8.67. The van der Waals surface area contributed by atoms with Gasteiger partial charge in [0.25, 0.3) is 5.19 Å². The molecule has 2 aliphatic rings. The summed E-state index contributed by atoms with van der Waals surface area (Å²) in [7, 11) is 0. The van der Waals surface area contributed by atoms with Gasteiger partial charge in [-0.05, 0) is 42.5 Å². The van der Waals surface area contributed by atoms with Crippen molar-refractivity contribution in [3.63, 3.8) is 0 Å². The Morgan fingerprint density at radius 1 is 1.16 bits per heavy atom. The zero-order valence-electron chi connectivity index (χ0n) is 17.2. The first-order valence-electron chi connectivity index (χ1n) is 10.5. The molecule has 2 aromatic carbocycles. The maximum absolute atomic E-state index is 13.4. The highest BCUT2D eigenvalue weighted by Gasteiger charge is 2.38. The molecule has 0 spiro atoms. The Balaban J connectivity index is 1.16. The Hall–Kier alpha value is -2.71. The summed E-state index contributed by atoms with van der Waals surface area (Å²) in [4.78, 5) is 33.4. The number of carbonyl (C=O) groups is 2. The quantitative estimate of drug-likeness (QED) is 0.559. The van der Waals surface area contributed by atoms with E-state index in [0.717, 1.165) is 15.9 Å². The largest absolute Gasteiger partial charge is 0.467 e. The summed E-state index contributed by atoms with van der Waals surface area (Å²) in [5.41, 5.74) is 1.48. The molecule has 9 heteroatoms. The third-order valence-electron chi connectivity index (χ3n) is 5.96. The second-order valence-corrected chi connectivity index (χ2v) is 9.55. The Morgan fingerprint density at radius 3 is 2.66 bits per heavy atom. The van der Waals surface area contributed by atoms with Crippen LogP contribution in [0.2, 0.25) is 5.02 Å². The van der Waals surface area contributed by atoms with Gasteiger partial charge in [0.15, 0.2) is 0 Å². The number of piperidine rings is 1. The molecule has 2 amide bonds. The van der Waals surface area contributed by atoms with Gasteiger partial charge in [0, 0.05) is 49.6 Å². The van der Waals surface area contributed by atoms with Crippen LogP contribution in [0.4, 0.5) is 10.1 Å². The van der Waals surface area contributed by atoms with Gasteiger partial charge in [-0.2, -0.15) is 0 Å². The summed E-state index contributed by atoms with van der Waals surface area (Å²) >= 11 is 7.26. The third-order valence-corrected chi connectivity index (χ3v) is 7.13. The lowest BCUT2D eigenvalue weighted by atomic mass is 10.0. The Morgan fingerprint density at radius 2 is 1.91 bits per heavy atom. The number of ether oxygens (including phenoxy) is 1. The fourth-order valence-corrected chi connectivity index (χ4v) is 5.30. The van der Waals surface area contributed by atoms with E-state index in [4.69, 9.17) is 16.3 Å². The van der Waals surface area contributed by atoms with Crippen LogP contribution in [0, 0.1) is 11.7 Å². The van der Waals surface area contributed by atoms with Crippen LogP contribution >= 0.6 is 22.9 Å². The van der Waals surface area contributed by atoms with Gasteiger partial charge in [-0.15, -0.1) is 0 Å². The van der Waals surface area contributed by atoms with Crippen molar-refractivity contribution >= 4 is 50.7 Å². The molecule has 1 unspecified atom stereocenters. The van der Waals surface area contributed by atoms with Crippen molar-refractivity contribution in [3.8, 4) is 5.19 Å². The number of hydrogen-bond donors (Lipinski definition) is 0. The van der Waals surface area contributed by atoms with Crippen LogP contribution < -0.4 is 9.64 Å². The first-order chi connectivity index (χ1) is 15.5. The highest BCUT2D eigenvalue weighted by atomic mass is 35.5. The predicted molar refractivity (Wildman–Crippen MR) is 122 cm³/mol. The summed E-state index contributed by atoms with van der Waals surface area (Å²) < 4.78 is 20.1. The highest BCUT2D eigenvalue weighted by molar-refractivity contribution is 7.20. The lowest BCUT2D eigenvalue weighted by molar-refractivity contribution is -0.137. The SMILES string of the molecule is O=C(C1CC(=O)N(c2ccc(Cl)cc2)C1)N1CCC(Oc2nc3ccc(F)cc3s2)CC1. The van der Waals surface area contributed by atoms with E-state index in [1.165, 1.54) is 23.5 Å². The van der Waals surface area contributed by atoms with Crippen LogP contribution in [0.15, 0.2) is 42.5 Å². The van der Waals surface area contributed by atoms with Gasteiger partial charge in [0.1, 0.15) is 11.9 Å². The van der Waals surface area contributed by atoms with E-state index in [9.17, 15) is 14.0 Å². The van der Waals surface area contributed by atoms with E-state index in [1.54, 1.807) is 35.2 Å². The van der Waals surface area contributed by atoms with Gasteiger partial charge in [-0.1, -0.05) is 22.9 Å². The maximum atomic E-state index is 13.4. The monoisotopic (exact) mass is 473 g/mol. The number of hydrogen-bond acceptors (Lipinski definition) is 5. The molecule has 0 aliphatic carbocycles. The summed E-state index contributed by atoms with van der Waals surface area (Å²) in [5, 5.41) is 1.13. The smallest absolute Gasteiger partial charge is 0.274 e. The van der Waals surface area contributed by atoms with E-state index in [0.29, 0.717) is 42.7 Å². The van der Waals surface area contributed by atoms with E-state index in [1.807, 2.05) is 4.90 Å². The molecule has 2 fully saturated rings. The lowest BCUT2D eigenvalue weighted by Gasteiger charge is -2.33. The molecule has 32 heavy (non-hydrogen) atoms. The molecule has 0 bridgehead atoms. The minimum Gasteiger partial charge on any atom is -0.467 e. The van der Waals surface area contributed by atoms with Crippen LogP contribution in [0.25, 0.3) is 10.2 Å². The predicted octanol–water partition coefficient (Wildman–Crippen LogP) is 4.51. The second-order valence-electron chi connectivity index (χ2n) is 8.12. The minimum absolute atomic E-state index is 0.0173. The number of nitrogens with zero attached hydrogens (tertiary/aromatic N) is 3. The average Bonchev–Trinajstić information content (AvgIpc) is 3.37. The number of rotatable bonds is 4. The van der Waals surface area contributed by atoms with Crippen LogP contribution in [-0.4, -0.2) is 47.4 Å². The van der Waals surface area contributed by atoms with Crippen molar-refractivity contribution in [1.29, 1.82) is 0 Å². The van der Waals surface area contributed by atoms with Crippen LogP contribution in [0.5, 0.6) is 5.19 Å². The molecule has 1 atom stereocenters. The standard InChI is InChI=1S/C23H21ClFN3O3S/c24-15-1-4-17(5-2-15)28-13-14(11-21(28)29)22(30)27-9-7-18(8-10-27)31-23-26-19-6-3-16(25)12-20(19)32-23/h1-6,12,14,18H,7-11,13H2. The zero-order chi connectivity index (χ0) is 22.2. The maximum Gasteiger partial charge on any atom is 0.274 e. The van der Waals surface area contributed by atoms with Crippen molar-refractivity contribution in [2.75, 3.05) is 24.5 Å². The first kappa shape index (κ1) is 21.2. The summed E-state index contributed by atoms with van der Waals surface area (Å²) in [5.74, 6) is -0.658. The van der Waals surface area contributed by atoms with Crippen LogP contribution in [0.3, 0.4) is 0 Å². The first-order valence-corrected chi connectivity index (χ1v) is 11.7. The number of amides is 2. The summed E-state index contributed by atoms with van der Waals surface area (Å²) in [6.45, 7) is 1.54. The molecule has 2 saturated heterocycles. The van der Waals surface area contributed by atoms with Gasteiger partial charge in [0.2, 0.25) is 11.8 Å². The molecule has 3 heterocycles. The normalized spacial score (nSPS) is 19.7. The lowest BCUT2D eigenvalue weighted by Crippen LogP contribution is -2.44. The van der Waals surface area contributed by atoms with E-state index >= 15 is 0 Å². The molecule has 0 saturated carbocycles. The minimum atomic E-state index is -0.338. The molecule has 3 aromatic rings. The van der Waals surface area contributed by atoms with Gasteiger partial charge < -0.3 is 14.5 Å². The summed E-state index contributed by atoms with van der Waals surface area (Å²) in [6.07, 6.45) is 1.57. The van der Waals surface area contributed by atoms with Crippen LogP contribution in [-0.2, 0) is 9.59 Å². The molecule has 1 aromatic heterocycles. The average molecular weight is 474 g/mol. The fourth-order valence-electron chi connectivity index (χ4n) is 4.27. The van der Waals surface area contributed by atoms with Crippen molar-refractivity contribution in [3.05, 3.63) is 53.3 Å². The molecule has 166 valence electrons. The van der Waals surface area contributed by atoms with Gasteiger partial charge >= 0.3 is 0 Å². The number of thiazole rings is 1. The Labute approximate surface area is 193 Å². The van der Waals surface area contributed by atoms with Crippen molar-refractivity contribution < 1.29 is 18.7 Å². The van der Waals surface area contributed by atoms with Crippen molar-refractivity contribution in [2.24, 2.45) is 5.92 Å². The molecule has 6 nitrogen and oxygen atoms in total. The number of likely N-dealkylation sites (tertiary alicyclic amines) is 1. The van der Waals surface area contributed by atoms with Crippen molar-refractivity contribution in [1.82, 2.24) is 9.88 Å². The van der Waals surface area contributed by atoms with E-state index in [2.05, 4.69) is 4.98 Å². The number of carbonyl (C=O) groups excluding carboxylic acids is 2. The van der Waals surface area contributed by atoms with Gasteiger partial charge in [0.05, 0.1) is 16.1 Å². The number of halogens is 2. The Bertz CT molecular complexity index is 1160. The molecule has 0 N–H and O–H groups in total. The number of benzene rings is 2. The fraction of sp³-hybridized carbons (Fsp3) is 0.348.